The summed E-state index contributed by atoms with van der Waals surface area (Å²) in [7, 11) is 4.05. The van der Waals surface area contributed by atoms with Crippen LogP contribution in [0.4, 0.5) is 0 Å². The van der Waals surface area contributed by atoms with Gasteiger partial charge in [-0.15, -0.1) is 12.4 Å². The third kappa shape index (κ3) is 7.66. The van der Waals surface area contributed by atoms with Crippen molar-refractivity contribution in [1.29, 1.82) is 0 Å². The molecular weight excluding hydrogens is 300 g/mol. The minimum Gasteiger partial charge on any atom is -0.483 e. The number of carbonyl (C=O) groups excluding carboxylic acids is 1. The largest absolute Gasteiger partial charge is 0.483 e. The van der Waals surface area contributed by atoms with Crippen LogP contribution in [0.1, 0.15) is 37.3 Å². The van der Waals surface area contributed by atoms with Gasteiger partial charge in [-0.25, -0.2) is 0 Å². The summed E-state index contributed by atoms with van der Waals surface area (Å²) in [5.74, 6) is 1.13. The van der Waals surface area contributed by atoms with Crippen LogP contribution in [0.25, 0.3) is 0 Å². The van der Waals surface area contributed by atoms with E-state index < -0.39 is 0 Å². The van der Waals surface area contributed by atoms with Gasteiger partial charge in [-0.05, 0) is 57.1 Å². The summed E-state index contributed by atoms with van der Waals surface area (Å²) in [5, 5.41) is 2.88. The van der Waals surface area contributed by atoms with E-state index in [9.17, 15) is 4.79 Å². The molecule has 0 heterocycles. The smallest absolute Gasteiger partial charge is 0.257 e. The van der Waals surface area contributed by atoms with Crippen LogP contribution in [-0.2, 0) is 4.79 Å². The number of nitrogens with one attached hydrogen (secondary N) is 1. The number of hydrogen-bond donors (Lipinski definition) is 1. The highest BCUT2D eigenvalue weighted by atomic mass is 35.5. The molecule has 0 radical (unpaired) electrons. The minimum absolute atomic E-state index is 0. The third-order valence-electron chi connectivity index (χ3n) is 3.25. The molecule has 1 amide bonds. The molecule has 0 saturated heterocycles. The first-order valence-electron chi connectivity index (χ1n) is 7.55. The lowest BCUT2D eigenvalue weighted by molar-refractivity contribution is -0.123. The highest BCUT2D eigenvalue weighted by molar-refractivity contribution is 5.85. The van der Waals surface area contributed by atoms with Crippen LogP contribution in [0.15, 0.2) is 18.2 Å². The maximum absolute atomic E-state index is 11.8. The van der Waals surface area contributed by atoms with Crippen molar-refractivity contribution >= 4 is 18.3 Å². The zero-order valence-corrected chi connectivity index (χ0v) is 15.1. The van der Waals surface area contributed by atoms with Crippen molar-refractivity contribution in [3.05, 3.63) is 29.3 Å². The molecule has 0 aliphatic rings. The second-order valence-electron chi connectivity index (χ2n) is 5.99. The lowest BCUT2D eigenvalue weighted by atomic mass is 10.0. The Bertz CT molecular complexity index is 462. The first kappa shape index (κ1) is 20.7. The molecule has 1 rings (SSSR count). The standard InChI is InChI=1S/C17H28N2O2.ClH/c1-13(2)15-8-7-14(3)11-16(15)21-12-17(20)18-9-6-10-19(4)5;/h7-8,11,13H,6,9-10,12H2,1-5H3,(H,18,20);1H. The summed E-state index contributed by atoms with van der Waals surface area (Å²) < 4.78 is 5.70. The summed E-state index contributed by atoms with van der Waals surface area (Å²) in [6, 6.07) is 6.14. The fourth-order valence-electron chi connectivity index (χ4n) is 2.06. The maximum Gasteiger partial charge on any atom is 0.257 e. The Morgan fingerprint density at radius 1 is 1.32 bits per heavy atom. The Kier molecular flexibility index (Phi) is 9.86. The van der Waals surface area contributed by atoms with Gasteiger partial charge in [-0.1, -0.05) is 26.0 Å². The molecule has 0 aromatic heterocycles. The molecule has 1 aromatic carbocycles. The molecule has 22 heavy (non-hydrogen) atoms. The average Bonchev–Trinajstić information content (AvgIpc) is 2.40. The van der Waals surface area contributed by atoms with Crippen molar-refractivity contribution in [2.75, 3.05) is 33.8 Å². The van der Waals surface area contributed by atoms with E-state index >= 15 is 0 Å². The van der Waals surface area contributed by atoms with Crippen LogP contribution in [-0.4, -0.2) is 44.6 Å². The molecule has 126 valence electrons. The van der Waals surface area contributed by atoms with Crippen LogP contribution in [0.5, 0.6) is 5.75 Å². The number of rotatable bonds is 8. The van der Waals surface area contributed by atoms with Gasteiger partial charge in [0, 0.05) is 6.54 Å². The molecule has 0 spiro atoms. The van der Waals surface area contributed by atoms with Crippen LogP contribution in [0.3, 0.4) is 0 Å². The molecule has 4 nitrogen and oxygen atoms in total. The molecule has 0 aliphatic carbocycles. The summed E-state index contributed by atoms with van der Waals surface area (Å²) in [5.41, 5.74) is 2.28. The van der Waals surface area contributed by atoms with Gasteiger partial charge < -0.3 is 15.0 Å². The van der Waals surface area contributed by atoms with Crippen LogP contribution < -0.4 is 10.1 Å². The fraction of sp³-hybridized carbons (Fsp3) is 0.588. The zero-order chi connectivity index (χ0) is 15.8. The minimum atomic E-state index is -0.0648. The van der Waals surface area contributed by atoms with E-state index in [4.69, 9.17) is 4.74 Å². The van der Waals surface area contributed by atoms with E-state index in [2.05, 4.69) is 36.2 Å². The Hall–Kier alpha value is -1.26. The van der Waals surface area contributed by atoms with Crippen molar-refractivity contribution < 1.29 is 9.53 Å². The number of nitrogens with zero attached hydrogens (tertiary/aromatic N) is 1. The molecular formula is C17H29ClN2O2. The van der Waals surface area contributed by atoms with Crippen molar-refractivity contribution in [2.45, 2.75) is 33.1 Å². The predicted molar refractivity (Wildman–Crippen MR) is 94.2 cm³/mol. The second kappa shape index (κ2) is 10.5. The summed E-state index contributed by atoms with van der Waals surface area (Å²) in [6.45, 7) is 8.00. The Morgan fingerprint density at radius 3 is 2.59 bits per heavy atom. The summed E-state index contributed by atoms with van der Waals surface area (Å²) >= 11 is 0. The topological polar surface area (TPSA) is 41.6 Å². The van der Waals surface area contributed by atoms with E-state index in [1.54, 1.807) is 0 Å². The molecule has 0 aliphatic heterocycles. The van der Waals surface area contributed by atoms with E-state index in [1.807, 2.05) is 27.1 Å². The average molecular weight is 329 g/mol. The van der Waals surface area contributed by atoms with Crippen molar-refractivity contribution in [3.63, 3.8) is 0 Å². The van der Waals surface area contributed by atoms with Crippen molar-refractivity contribution in [1.82, 2.24) is 10.2 Å². The second-order valence-corrected chi connectivity index (χ2v) is 5.99. The number of hydrogen-bond acceptors (Lipinski definition) is 3. The maximum atomic E-state index is 11.8. The first-order chi connectivity index (χ1) is 9.90. The van der Waals surface area contributed by atoms with Gasteiger partial charge in [0.15, 0.2) is 6.61 Å². The van der Waals surface area contributed by atoms with E-state index in [0.717, 1.165) is 29.8 Å². The van der Waals surface area contributed by atoms with E-state index in [0.29, 0.717) is 12.5 Å². The summed E-state index contributed by atoms with van der Waals surface area (Å²) in [4.78, 5) is 13.9. The fourth-order valence-corrected chi connectivity index (χ4v) is 2.06. The molecule has 0 saturated carbocycles. The lowest BCUT2D eigenvalue weighted by Gasteiger charge is -2.15. The van der Waals surface area contributed by atoms with Crippen LogP contribution >= 0.6 is 12.4 Å². The number of benzene rings is 1. The lowest BCUT2D eigenvalue weighted by Crippen LogP contribution is -2.31. The number of aryl methyl sites for hydroxylation is 1. The summed E-state index contributed by atoms with van der Waals surface area (Å²) in [6.07, 6.45) is 0.945. The quantitative estimate of drug-likeness (QED) is 0.746. The highest BCUT2D eigenvalue weighted by Crippen LogP contribution is 2.27. The molecule has 5 heteroatoms. The Morgan fingerprint density at radius 2 is 2.00 bits per heavy atom. The SMILES string of the molecule is Cc1ccc(C(C)C)c(OCC(=O)NCCCN(C)C)c1.Cl. The predicted octanol–water partition coefficient (Wildman–Crippen LogP) is 2.99. The molecule has 0 bridgehead atoms. The van der Waals surface area contributed by atoms with Gasteiger partial charge in [0.2, 0.25) is 0 Å². The molecule has 1 N–H and O–H groups in total. The van der Waals surface area contributed by atoms with Crippen molar-refractivity contribution in [2.24, 2.45) is 0 Å². The number of carbonyl (C=O) groups is 1. The zero-order valence-electron chi connectivity index (χ0n) is 14.3. The number of halogens is 1. The molecule has 0 unspecified atom stereocenters. The monoisotopic (exact) mass is 328 g/mol. The van der Waals surface area contributed by atoms with Gasteiger partial charge in [0.05, 0.1) is 0 Å². The number of ether oxygens (including phenoxy) is 1. The first-order valence-corrected chi connectivity index (χ1v) is 7.55. The Labute approximate surface area is 140 Å². The third-order valence-corrected chi connectivity index (χ3v) is 3.25. The van der Waals surface area contributed by atoms with E-state index in [1.165, 1.54) is 0 Å². The van der Waals surface area contributed by atoms with Gasteiger partial charge in [-0.2, -0.15) is 0 Å². The van der Waals surface area contributed by atoms with Crippen molar-refractivity contribution in [3.8, 4) is 5.75 Å². The van der Waals surface area contributed by atoms with Crippen LogP contribution in [0.2, 0.25) is 0 Å². The molecule has 0 fully saturated rings. The van der Waals surface area contributed by atoms with Gasteiger partial charge in [0.25, 0.3) is 5.91 Å². The molecule has 0 atom stereocenters. The van der Waals surface area contributed by atoms with Gasteiger partial charge in [-0.3, -0.25) is 4.79 Å². The molecule has 1 aromatic rings. The normalized spacial score (nSPS) is 10.5. The van der Waals surface area contributed by atoms with Gasteiger partial charge >= 0.3 is 0 Å². The Balaban J connectivity index is 0.00000441. The van der Waals surface area contributed by atoms with Crippen LogP contribution in [0, 0.1) is 6.92 Å². The number of amides is 1. The van der Waals surface area contributed by atoms with Gasteiger partial charge in [0.1, 0.15) is 5.75 Å². The highest BCUT2D eigenvalue weighted by Gasteiger charge is 2.10. The van der Waals surface area contributed by atoms with E-state index in [-0.39, 0.29) is 24.9 Å².